The van der Waals surface area contributed by atoms with E-state index in [2.05, 4.69) is 9.47 Å². The first-order chi connectivity index (χ1) is 12.0. The SMILES string of the molecule is OC(CCCc1ccccc1)c1ccc(OC(F)F)c(OC(F)F)c1. The zero-order valence-electron chi connectivity index (χ0n) is 13.2. The highest BCUT2D eigenvalue weighted by atomic mass is 19.3. The van der Waals surface area contributed by atoms with Crippen LogP contribution in [0.3, 0.4) is 0 Å². The molecule has 2 aromatic carbocycles. The van der Waals surface area contributed by atoms with Crippen molar-refractivity contribution in [2.75, 3.05) is 0 Å². The maximum Gasteiger partial charge on any atom is 0.387 e. The van der Waals surface area contributed by atoms with E-state index < -0.39 is 30.8 Å². The molecule has 0 amide bonds. The van der Waals surface area contributed by atoms with E-state index in [4.69, 9.17) is 0 Å². The van der Waals surface area contributed by atoms with E-state index >= 15 is 0 Å². The van der Waals surface area contributed by atoms with Gasteiger partial charge in [0.05, 0.1) is 6.10 Å². The molecule has 7 heteroatoms. The average molecular weight is 358 g/mol. The largest absolute Gasteiger partial charge is 0.431 e. The first-order valence-electron chi connectivity index (χ1n) is 7.71. The van der Waals surface area contributed by atoms with Crippen molar-refractivity contribution in [1.29, 1.82) is 0 Å². The molecule has 0 aliphatic heterocycles. The normalized spacial score (nSPS) is 12.4. The van der Waals surface area contributed by atoms with Gasteiger partial charge in [0.1, 0.15) is 0 Å². The minimum absolute atomic E-state index is 0.297. The summed E-state index contributed by atoms with van der Waals surface area (Å²) < 4.78 is 57.8. The molecule has 0 radical (unpaired) electrons. The lowest BCUT2D eigenvalue weighted by atomic mass is 10.0. The number of aliphatic hydroxyl groups excluding tert-OH is 1. The fourth-order valence-electron chi connectivity index (χ4n) is 2.42. The number of rotatable bonds is 9. The molecule has 0 spiro atoms. The number of hydrogen-bond donors (Lipinski definition) is 1. The fourth-order valence-corrected chi connectivity index (χ4v) is 2.42. The predicted octanol–water partition coefficient (Wildman–Crippen LogP) is 4.95. The van der Waals surface area contributed by atoms with Crippen molar-refractivity contribution in [3.05, 3.63) is 59.7 Å². The maximum atomic E-state index is 12.4. The smallest absolute Gasteiger partial charge is 0.387 e. The molecule has 0 aliphatic rings. The molecule has 1 unspecified atom stereocenters. The van der Waals surface area contributed by atoms with Crippen molar-refractivity contribution in [3.8, 4) is 11.5 Å². The molecule has 0 heterocycles. The lowest BCUT2D eigenvalue weighted by Gasteiger charge is -2.16. The highest BCUT2D eigenvalue weighted by molar-refractivity contribution is 5.43. The second kappa shape index (κ2) is 9.27. The third-order valence-corrected chi connectivity index (χ3v) is 3.57. The van der Waals surface area contributed by atoms with E-state index in [1.165, 1.54) is 6.07 Å². The molecular weight excluding hydrogens is 340 g/mol. The third kappa shape index (κ3) is 6.26. The number of halogens is 4. The van der Waals surface area contributed by atoms with Crippen LogP contribution in [0, 0.1) is 0 Å². The third-order valence-electron chi connectivity index (χ3n) is 3.57. The van der Waals surface area contributed by atoms with Gasteiger partial charge in [-0.2, -0.15) is 17.6 Å². The summed E-state index contributed by atoms with van der Waals surface area (Å²) >= 11 is 0. The standard InChI is InChI=1S/C18H18F4O3/c19-17(20)24-15-10-9-13(11-16(15)25-18(21)22)14(23)8-4-7-12-5-2-1-3-6-12/h1-3,5-6,9-11,14,17-18,23H,4,7-8H2. The Hall–Kier alpha value is -2.28. The van der Waals surface area contributed by atoms with E-state index in [1.807, 2.05) is 30.3 Å². The van der Waals surface area contributed by atoms with E-state index in [0.717, 1.165) is 24.1 Å². The number of aryl methyl sites for hydroxylation is 1. The Morgan fingerprint density at radius 3 is 2.12 bits per heavy atom. The molecule has 25 heavy (non-hydrogen) atoms. The molecule has 136 valence electrons. The van der Waals surface area contributed by atoms with Crippen LogP contribution in [-0.4, -0.2) is 18.3 Å². The number of ether oxygens (including phenoxy) is 2. The number of hydrogen-bond acceptors (Lipinski definition) is 3. The summed E-state index contributed by atoms with van der Waals surface area (Å²) in [7, 11) is 0. The highest BCUT2D eigenvalue weighted by Crippen LogP contribution is 2.34. The van der Waals surface area contributed by atoms with Crippen LogP contribution in [0.5, 0.6) is 11.5 Å². The fraction of sp³-hybridized carbons (Fsp3) is 0.333. The van der Waals surface area contributed by atoms with Gasteiger partial charge in [0, 0.05) is 0 Å². The zero-order valence-corrected chi connectivity index (χ0v) is 13.2. The van der Waals surface area contributed by atoms with E-state index in [-0.39, 0.29) is 0 Å². The first kappa shape index (κ1) is 19.1. The predicted molar refractivity (Wildman–Crippen MR) is 84.0 cm³/mol. The van der Waals surface area contributed by atoms with E-state index in [9.17, 15) is 22.7 Å². The molecule has 1 N–H and O–H groups in total. The molecule has 3 nitrogen and oxygen atoms in total. The van der Waals surface area contributed by atoms with Crippen LogP contribution in [0.4, 0.5) is 17.6 Å². The van der Waals surface area contributed by atoms with Gasteiger partial charge in [-0.3, -0.25) is 0 Å². The molecule has 0 fully saturated rings. The Balaban J connectivity index is 2.01. The minimum atomic E-state index is -3.19. The highest BCUT2D eigenvalue weighted by Gasteiger charge is 2.17. The molecule has 0 saturated heterocycles. The second-order valence-electron chi connectivity index (χ2n) is 5.36. The molecular formula is C18H18F4O3. The van der Waals surface area contributed by atoms with Crippen LogP contribution in [-0.2, 0) is 6.42 Å². The maximum absolute atomic E-state index is 12.4. The monoisotopic (exact) mass is 358 g/mol. The summed E-state index contributed by atoms with van der Waals surface area (Å²) in [5.41, 5.74) is 1.42. The summed E-state index contributed by atoms with van der Waals surface area (Å²) in [4.78, 5) is 0. The molecule has 0 saturated carbocycles. The first-order valence-corrected chi connectivity index (χ1v) is 7.71. The van der Waals surface area contributed by atoms with Gasteiger partial charge in [-0.25, -0.2) is 0 Å². The van der Waals surface area contributed by atoms with Crippen molar-refractivity contribution in [2.45, 2.75) is 38.6 Å². The summed E-state index contributed by atoms with van der Waals surface area (Å²) in [5, 5.41) is 10.2. The second-order valence-corrected chi connectivity index (χ2v) is 5.36. The Bertz CT molecular complexity index is 650. The van der Waals surface area contributed by atoms with Crippen molar-refractivity contribution < 1.29 is 32.1 Å². The molecule has 0 aromatic heterocycles. The van der Waals surface area contributed by atoms with Gasteiger partial charge >= 0.3 is 13.2 Å². The van der Waals surface area contributed by atoms with Crippen LogP contribution < -0.4 is 9.47 Å². The summed E-state index contributed by atoms with van der Waals surface area (Å²) in [6.45, 7) is -6.35. The number of benzene rings is 2. The summed E-state index contributed by atoms with van der Waals surface area (Å²) in [6, 6.07) is 13.2. The van der Waals surface area contributed by atoms with Gasteiger partial charge in [-0.05, 0) is 42.5 Å². The van der Waals surface area contributed by atoms with Gasteiger partial charge in [0.25, 0.3) is 0 Å². The Morgan fingerprint density at radius 2 is 1.48 bits per heavy atom. The van der Waals surface area contributed by atoms with Gasteiger partial charge < -0.3 is 14.6 Å². The van der Waals surface area contributed by atoms with Crippen molar-refractivity contribution >= 4 is 0 Å². The molecule has 2 aromatic rings. The molecule has 1 atom stereocenters. The van der Waals surface area contributed by atoms with Crippen LogP contribution in [0.2, 0.25) is 0 Å². The van der Waals surface area contributed by atoms with Crippen molar-refractivity contribution in [2.24, 2.45) is 0 Å². The van der Waals surface area contributed by atoms with Gasteiger partial charge in [-0.1, -0.05) is 36.4 Å². The molecule has 2 rings (SSSR count). The lowest BCUT2D eigenvalue weighted by molar-refractivity contribution is -0.0693. The molecule has 0 aliphatic carbocycles. The van der Waals surface area contributed by atoms with Gasteiger partial charge in [-0.15, -0.1) is 0 Å². The Kier molecular flexibility index (Phi) is 7.06. The lowest BCUT2D eigenvalue weighted by Crippen LogP contribution is -2.09. The zero-order chi connectivity index (χ0) is 18.2. The van der Waals surface area contributed by atoms with Crippen LogP contribution >= 0.6 is 0 Å². The quantitative estimate of drug-likeness (QED) is 0.645. The summed E-state index contributed by atoms with van der Waals surface area (Å²) in [5.74, 6) is -1.04. The number of aliphatic hydroxyl groups is 1. The van der Waals surface area contributed by atoms with Crippen molar-refractivity contribution in [3.63, 3.8) is 0 Å². The van der Waals surface area contributed by atoms with E-state index in [1.54, 1.807) is 0 Å². The average Bonchev–Trinajstić information content (AvgIpc) is 2.56. The van der Waals surface area contributed by atoms with Gasteiger partial charge in [0.2, 0.25) is 0 Å². The van der Waals surface area contributed by atoms with Crippen molar-refractivity contribution in [1.82, 2.24) is 0 Å². The van der Waals surface area contributed by atoms with Crippen LogP contribution in [0.15, 0.2) is 48.5 Å². The Labute approximate surface area is 142 Å². The molecule has 0 bridgehead atoms. The van der Waals surface area contributed by atoms with Crippen LogP contribution in [0.1, 0.15) is 30.1 Å². The minimum Gasteiger partial charge on any atom is -0.431 e. The van der Waals surface area contributed by atoms with E-state index in [0.29, 0.717) is 18.4 Å². The Morgan fingerprint density at radius 1 is 0.840 bits per heavy atom. The van der Waals surface area contributed by atoms with Gasteiger partial charge in [0.15, 0.2) is 11.5 Å². The van der Waals surface area contributed by atoms with Crippen LogP contribution in [0.25, 0.3) is 0 Å². The topological polar surface area (TPSA) is 38.7 Å². The summed E-state index contributed by atoms with van der Waals surface area (Å²) in [6.07, 6.45) is 0.887. The number of alkyl halides is 4.